The number of carbonyl (C=O) groups is 2. The average Bonchev–Trinajstić information content (AvgIpc) is 2.62. The molecule has 0 aliphatic rings. The van der Waals surface area contributed by atoms with Gasteiger partial charge in [-0.15, -0.1) is 11.8 Å². The van der Waals surface area contributed by atoms with Crippen molar-refractivity contribution < 1.29 is 19.2 Å². The maximum Gasteiger partial charge on any atom is 0.270 e. The minimum absolute atomic E-state index is 0.0561. The third-order valence-electron chi connectivity index (χ3n) is 3.23. The summed E-state index contributed by atoms with van der Waals surface area (Å²) < 4.78 is 5.15. The molecule has 2 aromatic rings. The Kier molecular flexibility index (Phi) is 6.53. The minimum atomic E-state index is -0.551. The van der Waals surface area contributed by atoms with E-state index in [2.05, 4.69) is 5.32 Å². The van der Waals surface area contributed by atoms with Gasteiger partial charge in [0, 0.05) is 17.7 Å². The van der Waals surface area contributed by atoms with E-state index in [0.29, 0.717) is 11.4 Å². The van der Waals surface area contributed by atoms with Crippen molar-refractivity contribution in [3.05, 3.63) is 64.2 Å². The molecule has 8 heteroatoms. The van der Waals surface area contributed by atoms with E-state index in [4.69, 9.17) is 4.74 Å². The number of benzene rings is 2. The van der Waals surface area contributed by atoms with Gasteiger partial charge in [0.1, 0.15) is 5.75 Å². The lowest BCUT2D eigenvalue weighted by molar-refractivity contribution is -0.384. The number of carbonyl (C=O) groups excluding carboxylic acids is 2. The van der Waals surface area contributed by atoms with E-state index in [1.54, 1.807) is 24.3 Å². The first-order valence-corrected chi connectivity index (χ1v) is 8.45. The topological polar surface area (TPSA) is 98.5 Å². The van der Waals surface area contributed by atoms with E-state index >= 15 is 0 Å². The molecule has 0 unspecified atom stereocenters. The van der Waals surface area contributed by atoms with Crippen LogP contribution in [0.2, 0.25) is 0 Å². The summed E-state index contributed by atoms with van der Waals surface area (Å²) in [5, 5.41) is 13.4. The number of anilines is 1. The van der Waals surface area contributed by atoms with Gasteiger partial charge >= 0.3 is 0 Å². The summed E-state index contributed by atoms with van der Waals surface area (Å²) in [4.78, 5) is 34.2. The molecule has 0 spiro atoms. The third kappa shape index (κ3) is 5.32. The van der Waals surface area contributed by atoms with Gasteiger partial charge in [-0.3, -0.25) is 19.7 Å². The number of Topliss-reactive ketones (excluding diaryl/α,β-unsaturated/α-hetero) is 1. The lowest BCUT2D eigenvalue weighted by atomic mass is 10.1. The molecule has 25 heavy (non-hydrogen) atoms. The molecule has 1 amide bonds. The average molecular weight is 360 g/mol. The molecule has 0 aromatic heterocycles. The van der Waals surface area contributed by atoms with Crippen LogP contribution < -0.4 is 10.1 Å². The highest BCUT2D eigenvalue weighted by Crippen LogP contribution is 2.23. The van der Waals surface area contributed by atoms with Crippen molar-refractivity contribution >= 4 is 34.8 Å². The summed E-state index contributed by atoms with van der Waals surface area (Å²) in [7, 11) is 1.51. The molecule has 0 bridgehead atoms. The highest BCUT2D eigenvalue weighted by molar-refractivity contribution is 8.00. The third-order valence-corrected chi connectivity index (χ3v) is 4.16. The van der Waals surface area contributed by atoms with E-state index < -0.39 is 4.92 Å². The van der Waals surface area contributed by atoms with Crippen LogP contribution in [-0.2, 0) is 4.79 Å². The number of amides is 1. The molecular weight excluding hydrogens is 344 g/mol. The number of methoxy groups -OCH3 is 1. The van der Waals surface area contributed by atoms with Gasteiger partial charge in [-0.1, -0.05) is 24.3 Å². The zero-order valence-electron chi connectivity index (χ0n) is 13.4. The van der Waals surface area contributed by atoms with Crippen LogP contribution in [0.25, 0.3) is 0 Å². The number of rotatable bonds is 8. The number of hydrogen-bond donors (Lipinski definition) is 1. The molecule has 0 saturated carbocycles. The largest absolute Gasteiger partial charge is 0.495 e. The Hall–Kier alpha value is -2.87. The van der Waals surface area contributed by atoms with Crippen LogP contribution in [0, 0.1) is 10.1 Å². The second kappa shape index (κ2) is 8.84. The first kappa shape index (κ1) is 18.5. The zero-order valence-corrected chi connectivity index (χ0v) is 14.2. The number of nitrogens with zero attached hydrogens (tertiary/aromatic N) is 1. The molecule has 130 valence electrons. The van der Waals surface area contributed by atoms with Gasteiger partial charge in [0.25, 0.3) is 5.69 Å². The normalized spacial score (nSPS) is 10.1. The van der Waals surface area contributed by atoms with Gasteiger partial charge in [0.05, 0.1) is 29.2 Å². The van der Waals surface area contributed by atoms with Gasteiger partial charge in [0.2, 0.25) is 5.91 Å². The lowest BCUT2D eigenvalue weighted by Crippen LogP contribution is -2.16. The van der Waals surface area contributed by atoms with Crippen molar-refractivity contribution in [1.82, 2.24) is 0 Å². The molecule has 0 radical (unpaired) electrons. The molecule has 0 saturated heterocycles. The van der Waals surface area contributed by atoms with Crippen molar-refractivity contribution in [3.63, 3.8) is 0 Å². The number of nitrogens with one attached hydrogen (secondary N) is 1. The lowest BCUT2D eigenvalue weighted by Gasteiger charge is -2.09. The molecule has 0 aliphatic heterocycles. The summed E-state index contributed by atoms with van der Waals surface area (Å²) >= 11 is 1.14. The number of thioether (sulfide) groups is 1. The molecule has 0 aliphatic carbocycles. The Morgan fingerprint density at radius 2 is 1.92 bits per heavy atom. The molecule has 2 rings (SSSR count). The second-order valence-electron chi connectivity index (χ2n) is 4.97. The molecule has 0 atom stereocenters. The van der Waals surface area contributed by atoms with E-state index in [9.17, 15) is 19.7 Å². The summed E-state index contributed by atoms with van der Waals surface area (Å²) in [6.07, 6.45) is 0. The summed E-state index contributed by atoms with van der Waals surface area (Å²) in [5.74, 6) is 0.160. The first-order chi connectivity index (χ1) is 12.0. The predicted octanol–water partition coefficient (Wildman–Crippen LogP) is 3.16. The van der Waals surface area contributed by atoms with Crippen LogP contribution in [-0.4, -0.2) is 35.2 Å². The van der Waals surface area contributed by atoms with Gasteiger partial charge in [0.15, 0.2) is 5.78 Å². The first-order valence-electron chi connectivity index (χ1n) is 7.29. The van der Waals surface area contributed by atoms with Gasteiger partial charge in [-0.25, -0.2) is 0 Å². The Morgan fingerprint density at radius 3 is 2.64 bits per heavy atom. The van der Waals surface area contributed by atoms with Crippen molar-refractivity contribution in [2.24, 2.45) is 0 Å². The van der Waals surface area contributed by atoms with Crippen LogP contribution in [0.4, 0.5) is 11.4 Å². The fraction of sp³-hybridized carbons (Fsp3) is 0.176. The molecule has 7 nitrogen and oxygen atoms in total. The van der Waals surface area contributed by atoms with Crippen LogP contribution in [0.1, 0.15) is 10.4 Å². The van der Waals surface area contributed by atoms with Gasteiger partial charge in [-0.05, 0) is 12.1 Å². The Bertz CT molecular complexity index is 794. The maximum atomic E-state index is 12.1. The number of para-hydroxylation sites is 2. The van der Waals surface area contributed by atoms with Crippen molar-refractivity contribution in [3.8, 4) is 5.75 Å². The molecular formula is C17H16N2O5S. The Labute approximate surface area is 148 Å². The fourth-order valence-corrected chi connectivity index (χ4v) is 2.76. The summed E-state index contributed by atoms with van der Waals surface area (Å²) in [6.45, 7) is 0. The van der Waals surface area contributed by atoms with E-state index in [1.807, 2.05) is 0 Å². The fourth-order valence-electron chi connectivity index (χ4n) is 2.05. The van der Waals surface area contributed by atoms with Crippen LogP contribution in [0.5, 0.6) is 5.75 Å². The summed E-state index contributed by atoms with van der Waals surface area (Å²) in [6, 6.07) is 12.6. The van der Waals surface area contributed by atoms with Gasteiger partial charge < -0.3 is 10.1 Å². The van der Waals surface area contributed by atoms with E-state index in [0.717, 1.165) is 11.8 Å². The zero-order chi connectivity index (χ0) is 18.2. The smallest absolute Gasteiger partial charge is 0.270 e. The summed E-state index contributed by atoms with van der Waals surface area (Å²) in [5.41, 5.74) is 0.678. The monoisotopic (exact) mass is 360 g/mol. The highest BCUT2D eigenvalue weighted by atomic mass is 32.2. The number of hydrogen-bond acceptors (Lipinski definition) is 6. The Balaban J connectivity index is 1.85. The maximum absolute atomic E-state index is 12.1. The number of non-ortho nitro benzene ring substituents is 1. The predicted molar refractivity (Wildman–Crippen MR) is 96.4 cm³/mol. The van der Waals surface area contributed by atoms with Crippen molar-refractivity contribution in [1.29, 1.82) is 0 Å². The van der Waals surface area contributed by atoms with Gasteiger partial charge in [-0.2, -0.15) is 0 Å². The quantitative estimate of drug-likeness (QED) is 0.441. The molecule has 1 N–H and O–H groups in total. The van der Waals surface area contributed by atoms with E-state index in [-0.39, 0.29) is 34.4 Å². The molecule has 0 fully saturated rings. The number of nitro benzene ring substituents is 1. The van der Waals surface area contributed by atoms with Crippen molar-refractivity contribution in [2.45, 2.75) is 0 Å². The number of nitro groups is 1. The highest BCUT2D eigenvalue weighted by Gasteiger charge is 2.13. The Morgan fingerprint density at radius 1 is 1.16 bits per heavy atom. The van der Waals surface area contributed by atoms with Crippen LogP contribution in [0.3, 0.4) is 0 Å². The minimum Gasteiger partial charge on any atom is -0.495 e. The standard InChI is InChI=1S/C17H16N2O5S/c1-24-16-8-3-2-7-14(16)18-17(21)11-25-10-15(20)12-5-4-6-13(9-12)19(22)23/h2-9H,10-11H2,1H3,(H,18,21). The van der Waals surface area contributed by atoms with Crippen LogP contribution in [0.15, 0.2) is 48.5 Å². The number of ketones is 1. The van der Waals surface area contributed by atoms with E-state index in [1.165, 1.54) is 31.4 Å². The van der Waals surface area contributed by atoms with Crippen molar-refractivity contribution in [2.75, 3.05) is 23.9 Å². The SMILES string of the molecule is COc1ccccc1NC(=O)CSCC(=O)c1cccc([N+](=O)[O-])c1. The second-order valence-corrected chi connectivity index (χ2v) is 5.96. The molecule has 0 heterocycles. The molecule has 2 aromatic carbocycles. The van der Waals surface area contributed by atoms with Crippen LogP contribution >= 0.6 is 11.8 Å². The number of ether oxygens (including phenoxy) is 1.